The van der Waals surface area contributed by atoms with E-state index in [-0.39, 0.29) is 17.8 Å². The van der Waals surface area contributed by atoms with Crippen molar-refractivity contribution in [3.63, 3.8) is 0 Å². The van der Waals surface area contributed by atoms with Gasteiger partial charge in [0.25, 0.3) is 5.91 Å². The molecule has 1 aliphatic rings. The van der Waals surface area contributed by atoms with Crippen LogP contribution < -0.4 is 5.43 Å². The highest BCUT2D eigenvalue weighted by Crippen LogP contribution is 2.39. The molecule has 176 valence electrons. The highest BCUT2D eigenvalue weighted by atomic mass is 19.4. The number of fused-ring (bicyclic) bond motifs is 1. The summed E-state index contributed by atoms with van der Waals surface area (Å²) < 4.78 is 41.5. The average Bonchev–Trinajstić information content (AvgIpc) is 2.79. The monoisotopic (exact) mass is 470 g/mol. The Kier molecular flexibility index (Phi) is 6.03. The van der Waals surface area contributed by atoms with Crippen LogP contribution in [-0.4, -0.2) is 45.7 Å². The lowest BCUT2D eigenvalue weighted by molar-refractivity contribution is -0.142. The maximum atomic E-state index is 13.4. The summed E-state index contributed by atoms with van der Waals surface area (Å²) >= 11 is 0. The van der Waals surface area contributed by atoms with Crippen LogP contribution in [0.2, 0.25) is 0 Å². The van der Waals surface area contributed by atoms with E-state index in [4.69, 9.17) is 0 Å². The minimum Gasteiger partial charge on any atom is -0.477 e. The summed E-state index contributed by atoms with van der Waals surface area (Å²) in [5.41, 5.74) is -0.300. The maximum Gasteiger partial charge on any atom is 0.406 e. The average molecular weight is 470 g/mol. The number of carboxylic acids is 1. The quantitative estimate of drug-likeness (QED) is 0.605. The highest BCUT2D eigenvalue weighted by molar-refractivity contribution is 5.96. The van der Waals surface area contributed by atoms with Crippen LogP contribution in [0.15, 0.2) is 71.7 Å². The van der Waals surface area contributed by atoms with E-state index in [9.17, 15) is 32.7 Å². The predicted octanol–water partition coefficient (Wildman–Crippen LogP) is 4.25. The van der Waals surface area contributed by atoms with Gasteiger partial charge in [-0.3, -0.25) is 9.59 Å². The molecule has 1 amide bonds. The van der Waals surface area contributed by atoms with Crippen molar-refractivity contribution < 1.29 is 27.9 Å². The maximum absolute atomic E-state index is 13.4. The molecule has 0 fully saturated rings. The summed E-state index contributed by atoms with van der Waals surface area (Å²) in [4.78, 5) is 38.2. The fourth-order valence-corrected chi connectivity index (χ4v) is 4.57. The van der Waals surface area contributed by atoms with Gasteiger partial charge in [-0.25, -0.2) is 4.79 Å². The van der Waals surface area contributed by atoms with Gasteiger partial charge >= 0.3 is 12.1 Å². The van der Waals surface area contributed by atoms with Gasteiger partial charge in [0.1, 0.15) is 17.8 Å². The number of hydrogen-bond donors (Lipinski definition) is 1. The number of carbonyl (C=O) groups excluding carboxylic acids is 1. The van der Waals surface area contributed by atoms with Crippen molar-refractivity contribution in [2.24, 2.45) is 0 Å². The highest BCUT2D eigenvalue weighted by Gasteiger charge is 2.42. The van der Waals surface area contributed by atoms with Crippen molar-refractivity contribution in [1.82, 2.24) is 9.47 Å². The first-order valence-corrected chi connectivity index (χ1v) is 10.5. The number of pyridine rings is 1. The topological polar surface area (TPSA) is 79.6 Å². The zero-order chi connectivity index (χ0) is 24.6. The summed E-state index contributed by atoms with van der Waals surface area (Å²) in [5.74, 6) is -2.95. The number of nitrogens with zero attached hydrogens (tertiary/aromatic N) is 2. The van der Waals surface area contributed by atoms with Crippen LogP contribution in [0.25, 0.3) is 0 Å². The van der Waals surface area contributed by atoms with Gasteiger partial charge in [-0.15, -0.1) is 0 Å². The van der Waals surface area contributed by atoms with Crippen LogP contribution in [0.3, 0.4) is 0 Å². The first kappa shape index (κ1) is 23.3. The predicted molar refractivity (Wildman–Crippen MR) is 118 cm³/mol. The van der Waals surface area contributed by atoms with Gasteiger partial charge in [0.05, 0.1) is 6.04 Å². The van der Waals surface area contributed by atoms with Gasteiger partial charge in [-0.05, 0) is 18.1 Å². The molecule has 0 spiro atoms. The number of aromatic nitrogens is 1. The number of hydrogen-bond acceptors (Lipinski definition) is 3. The molecule has 1 aliphatic heterocycles. The molecule has 4 rings (SSSR count). The molecule has 1 N–H and O–H groups in total. The van der Waals surface area contributed by atoms with E-state index < -0.39 is 47.5 Å². The Labute approximate surface area is 192 Å². The number of carbonyl (C=O) groups is 2. The smallest absolute Gasteiger partial charge is 0.406 e. The number of rotatable bonds is 5. The molecular formula is C25H21F3N2O4. The van der Waals surface area contributed by atoms with E-state index >= 15 is 0 Å². The Morgan fingerprint density at radius 3 is 2.03 bits per heavy atom. The van der Waals surface area contributed by atoms with Gasteiger partial charge in [-0.1, -0.05) is 60.7 Å². The number of halogens is 3. The second-order valence-corrected chi connectivity index (χ2v) is 8.23. The van der Waals surface area contributed by atoms with E-state index in [0.717, 1.165) is 17.3 Å². The summed E-state index contributed by atoms with van der Waals surface area (Å²) in [7, 11) is 0. The zero-order valence-electron chi connectivity index (χ0n) is 18.1. The Hall–Kier alpha value is -3.88. The molecule has 34 heavy (non-hydrogen) atoms. The van der Waals surface area contributed by atoms with Crippen molar-refractivity contribution in [2.45, 2.75) is 25.1 Å². The Balaban J connectivity index is 2.00. The van der Waals surface area contributed by atoms with Crippen molar-refractivity contribution in [3.05, 3.63) is 105 Å². The first-order valence-electron chi connectivity index (χ1n) is 10.5. The molecule has 2 aromatic carbocycles. The lowest BCUT2D eigenvalue weighted by Gasteiger charge is -2.41. The van der Waals surface area contributed by atoms with Crippen molar-refractivity contribution in [3.8, 4) is 0 Å². The van der Waals surface area contributed by atoms with Crippen LogP contribution in [0.4, 0.5) is 13.2 Å². The fraction of sp³-hybridized carbons (Fsp3) is 0.240. The van der Waals surface area contributed by atoms with E-state index in [2.05, 4.69) is 0 Å². The molecule has 1 unspecified atom stereocenters. The van der Waals surface area contributed by atoms with Crippen molar-refractivity contribution in [1.29, 1.82) is 0 Å². The molecule has 9 heteroatoms. The van der Waals surface area contributed by atoms with Crippen molar-refractivity contribution in [2.75, 3.05) is 13.1 Å². The number of benzene rings is 2. The number of amides is 1. The normalized spacial score (nSPS) is 16.0. The summed E-state index contributed by atoms with van der Waals surface area (Å²) in [5, 5.41) is 9.56. The van der Waals surface area contributed by atoms with Crippen LogP contribution in [0.1, 0.15) is 49.5 Å². The molecule has 1 aromatic heterocycles. The standard InChI is InChI=1S/C25H21F3N2O4/c1-15-21-23(32)29(14-25(26,27)28)13-19(30(21)12-18(22(15)31)24(33)34)20(16-8-4-2-5-9-16)17-10-6-3-7-11-17/h2-12,19-20H,13-14H2,1H3,(H,33,34). The molecule has 6 nitrogen and oxygen atoms in total. The Morgan fingerprint density at radius 2 is 1.56 bits per heavy atom. The van der Waals surface area contributed by atoms with Crippen LogP contribution in [0.5, 0.6) is 0 Å². The molecule has 0 aliphatic carbocycles. The van der Waals surface area contributed by atoms with Gasteiger partial charge < -0.3 is 14.6 Å². The second kappa shape index (κ2) is 8.81. The van der Waals surface area contributed by atoms with Gasteiger partial charge in [0.15, 0.2) is 5.43 Å². The van der Waals surface area contributed by atoms with Crippen LogP contribution >= 0.6 is 0 Å². The molecule has 3 aromatic rings. The molecule has 2 heterocycles. The molecule has 0 bridgehead atoms. The van der Waals surface area contributed by atoms with E-state index in [1.165, 1.54) is 11.5 Å². The minimum absolute atomic E-state index is 0.193. The van der Waals surface area contributed by atoms with E-state index in [1.807, 2.05) is 36.4 Å². The number of carboxylic acid groups (broad SMARTS) is 1. The number of aromatic carboxylic acids is 1. The molecule has 1 atom stereocenters. The van der Waals surface area contributed by atoms with Crippen LogP contribution in [-0.2, 0) is 0 Å². The number of alkyl halides is 3. The van der Waals surface area contributed by atoms with Gasteiger partial charge in [-0.2, -0.15) is 13.2 Å². The molecule has 0 saturated carbocycles. The molecule has 0 radical (unpaired) electrons. The lowest BCUT2D eigenvalue weighted by atomic mass is 9.83. The van der Waals surface area contributed by atoms with Gasteiger partial charge in [0, 0.05) is 24.2 Å². The third kappa shape index (κ3) is 4.33. The molecular weight excluding hydrogens is 449 g/mol. The first-order chi connectivity index (χ1) is 16.1. The Bertz CT molecular complexity index is 1250. The van der Waals surface area contributed by atoms with E-state index in [1.54, 1.807) is 24.3 Å². The summed E-state index contributed by atoms with van der Waals surface area (Å²) in [6.45, 7) is -0.527. The SMILES string of the molecule is Cc1c2n(cc(C(=O)O)c1=O)C(C(c1ccccc1)c1ccccc1)CN(CC(F)(F)F)C2=O. The molecule has 0 saturated heterocycles. The fourth-order valence-electron chi connectivity index (χ4n) is 4.57. The van der Waals surface area contributed by atoms with Crippen molar-refractivity contribution >= 4 is 11.9 Å². The largest absolute Gasteiger partial charge is 0.477 e. The minimum atomic E-state index is -4.65. The van der Waals surface area contributed by atoms with Crippen LogP contribution in [0, 0.1) is 6.92 Å². The van der Waals surface area contributed by atoms with E-state index in [0.29, 0.717) is 4.90 Å². The second-order valence-electron chi connectivity index (χ2n) is 8.23. The lowest BCUT2D eigenvalue weighted by Crippen LogP contribution is -2.50. The summed E-state index contributed by atoms with van der Waals surface area (Å²) in [6, 6.07) is 17.3. The Morgan fingerprint density at radius 1 is 1.03 bits per heavy atom. The third-order valence-corrected chi connectivity index (χ3v) is 6.02. The zero-order valence-corrected chi connectivity index (χ0v) is 18.1. The third-order valence-electron chi connectivity index (χ3n) is 6.02. The van der Waals surface area contributed by atoms with Gasteiger partial charge in [0.2, 0.25) is 0 Å². The summed E-state index contributed by atoms with van der Waals surface area (Å²) in [6.07, 6.45) is -3.56.